The van der Waals surface area contributed by atoms with Crippen molar-refractivity contribution >= 4 is 17.9 Å². The van der Waals surface area contributed by atoms with Gasteiger partial charge in [0.05, 0.1) is 0 Å². The van der Waals surface area contributed by atoms with Crippen LogP contribution in [0.5, 0.6) is 0 Å². The molecule has 3 amide bonds. The molecule has 1 spiro atoms. The summed E-state index contributed by atoms with van der Waals surface area (Å²) in [7, 11) is 0. The molecule has 0 aromatic rings. The van der Waals surface area contributed by atoms with Gasteiger partial charge in [-0.15, -0.1) is 0 Å². The number of likely N-dealkylation sites (tertiary alicyclic amines) is 1. The molecular weight excluding hydrogens is 438 g/mol. The van der Waals surface area contributed by atoms with Crippen molar-refractivity contribution in [3.8, 4) is 0 Å². The van der Waals surface area contributed by atoms with E-state index >= 15 is 0 Å². The third-order valence-electron chi connectivity index (χ3n) is 6.18. The van der Waals surface area contributed by atoms with Crippen LogP contribution in [0.15, 0.2) is 0 Å². The Bertz CT molecular complexity index is 697. The highest BCUT2D eigenvalue weighted by molar-refractivity contribution is 5.98. The SMILES string of the molecule is O=C(NC(=O)C1CC12CCN(C(=O)OC(C(F)(F)F)C(F)(F)F)CC2)C1CCOCC1. The predicted octanol–water partition coefficient (Wildman–Crippen LogP) is 2.79. The van der Waals surface area contributed by atoms with E-state index in [4.69, 9.17) is 4.74 Å². The van der Waals surface area contributed by atoms with Crippen LogP contribution >= 0.6 is 0 Å². The molecule has 0 bridgehead atoms. The molecule has 0 radical (unpaired) electrons. The quantitative estimate of drug-likeness (QED) is 0.517. The fourth-order valence-electron chi connectivity index (χ4n) is 4.17. The zero-order chi connectivity index (χ0) is 23.0. The Balaban J connectivity index is 1.49. The van der Waals surface area contributed by atoms with Crippen LogP contribution in [0.2, 0.25) is 0 Å². The lowest BCUT2D eigenvalue weighted by molar-refractivity contribution is -0.308. The zero-order valence-corrected chi connectivity index (χ0v) is 16.4. The Morgan fingerprint density at radius 3 is 2.03 bits per heavy atom. The van der Waals surface area contributed by atoms with E-state index in [2.05, 4.69) is 10.1 Å². The van der Waals surface area contributed by atoms with E-state index in [0.717, 1.165) is 4.90 Å². The normalized spacial score (nSPS) is 24.2. The maximum atomic E-state index is 12.6. The van der Waals surface area contributed by atoms with Gasteiger partial charge in [-0.1, -0.05) is 0 Å². The number of nitrogens with one attached hydrogen (secondary N) is 1. The number of halogens is 6. The van der Waals surface area contributed by atoms with E-state index in [9.17, 15) is 40.7 Å². The van der Waals surface area contributed by atoms with Crippen molar-refractivity contribution in [3.63, 3.8) is 0 Å². The van der Waals surface area contributed by atoms with E-state index in [-0.39, 0.29) is 37.8 Å². The third kappa shape index (κ3) is 5.42. The molecule has 2 aliphatic heterocycles. The number of nitrogens with zero attached hydrogens (tertiary/aromatic N) is 1. The first-order chi connectivity index (χ1) is 14.3. The van der Waals surface area contributed by atoms with Gasteiger partial charge in [0.1, 0.15) is 0 Å². The molecule has 1 atom stereocenters. The van der Waals surface area contributed by atoms with Crippen LogP contribution in [-0.2, 0) is 19.1 Å². The van der Waals surface area contributed by atoms with Crippen LogP contribution in [-0.4, -0.2) is 67.6 Å². The second-order valence-electron chi connectivity index (χ2n) is 8.19. The molecule has 1 saturated carbocycles. The predicted molar refractivity (Wildman–Crippen MR) is 90.4 cm³/mol. The van der Waals surface area contributed by atoms with Gasteiger partial charge < -0.3 is 14.4 Å². The molecule has 0 aromatic heterocycles. The van der Waals surface area contributed by atoms with Gasteiger partial charge in [0, 0.05) is 38.1 Å². The standard InChI is InChI=1S/C18H22F6N2O5/c19-17(20,21)14(18(22,23)24)31-15(29)26-5-3-16(4-6-26)9-11(16)13(28)25-12(27)10-1-7-30-8-2-10/h10-11,14H,1-9H2,(H,25,27,28). The Labute approximate surface area is 173 Å². The van der Waals surface area contributed by atoms with Gasteiger partial charge in [-0.25, -0.2) is 4.79 Å². The van der Waals surface area contributed by atoms with Crippen molar-refractivity contribution < 1.29 is 50.2 Å². The number of ether oxygens (including phenoxy) is 2. The summed E-state index contributed by atoms with van der Waals surface area (Å²) in [6.45, 7) is 0.599. The summed E-state index contributed by atoms with van der Waals surface area (Å²) in [6, 6.07) is 0. The third-order valence-corrected chi connectivity index (χ3v) is 6.18. The Morgan fingerprint density at radius 1 is 0.968 bits per heavy atom. The maximum absolute atomic E-state index is 12.6. The second kappa shape index (κ2) is 8.47. The monoisotopic (exact) mass is 460 g/mol. The summed E-state index contributed by atoms with van der Waals surface area (Å²) >= 11 is 0. The van der Waals surface area contributed by atoms with E-state index in [1.807, 2.05) is 0 Å². The largest absolute Gasteiger partial charge is 0.434 e. The fraction of sp³-hybridized carbons (Fsp3) is 0.833. The molecule has 31 heavy (non-hydrogen) atoms. The minimum absolute atomic E-state index is 0.140. The topological polar surface area (TPSA) is 84.9 Å². The van der Waals surface area contributed by atoms with E-state index < -0.39 is 41.8 Å². The van der Waals surface area contributed by atoms with Crippen LogP contribution in [0.25, 0.3) is 0 Å². The van der Waals surface area contributed by atoms with Crippen LogP contribution in [0, 0.1) is 17.3 Å². The van der Waals surface area contributed by atoms with Crippen molar-refractivity contribution in [2.24, 2.45) is 17.3 Å². The highest BCUT2D eigenvalue weighted by Gasteiger charge is 2.62. The minimum atomic E-state index is -5.78. The minimum Gasteiger partial charge on any atom is -0.426 e. The molecular formula is C18H22F6N2O5. The first-order valence-electron chi connectivity index (χ1n) is 9.85. The highest BCUT2D eigenvalue weighted by atomic mass is 19.4. The average Bonchev–Trinajstić information content (AvgIpc) is 3.38. The van der Waals surface area contributed by atoms with Gasteiger partial charge in [0.15, 0.2) is 0 Å². The van der Waals surface area contributed by atoms with Gasteiger partial charge in [-0.05, 0) is 37.5 Å². The number of hydrogen-bond acceptors (Lipinski definition) is 5. The molecule has 3 fully saturated rings. The first kappa shape index (κ1) is 23.6. The lowest BCUT2D eigenvalue weighted by Crippen LogP contribution is -2.49. The van der Waals surface area contributed by atoms with Crippen LogP contribution in [0.3, 0.4) is 0 Å². The summed E-state index contributed by atoms with van der Waals surface area (Å²) in [5.41, 5.74) is -0.510. The van der Waals surface area contributed by atoms with Gasteiger partial charge in [-0.2, -0.15) is 26.3 Å². The number of piperidine rings is 1. The Hall–Kier alpha value is -2.05. The number of imide groups is 1. The van der Waals surface area contributed by atoms with Gasteiger partial charge in [-0.3, -0.25) is 14.9 Å². The van der Waals surface area contributed by atoms with Gasteiger partial charge in [0.25, 0.3) is 6.10 Å². The summed E-state index contributed by atoms with van der Waals surface area (Å²) in [6.07, 6.45) is -15.5. The molecule has 3 rings (SSSR count). The zero-order valence-electron chi connectivity index (χ0n) is 16.4. The fourth-order valence-corrected chi connectivity index (χ4v) is 4.17. The number of amides is 3. The molecule has 176 valence electrons. The highest BCUT2D eigenvalue weighted by Crippen LogP contribution is 2.59. The van der Waals surface area contributed by atoms with E-state index in [0.29, 0.717) is 32.5 Å². The molecule has 1 N–H and O–H groups in total. The van der Waals surface area contributed by atoms with E-state index in [1.165, 1.54) is 0 Å². The summed E-state index contributed by atoms with van der Waals surface area (Å²) in [4.78, 5) is 37.2. The van der Waals surface area contributed by atoms with Crippen molar-refractivity contribution in [2.75, 3.05) is 26.3 Å². The molecule has 3 aliphatic rings. The van der Waals surface area contributed by atoms with Crippen molar-refractivity contribution in [1.82, 2.24) is 10.2 Å². The lowest BCUT2D eigenvalue weighted by Gasteiger charge is -2.33. The summed E-state index contributed by atoms with van der Waals surface area (Å²) < 4.78 is 84.2. The molecule has 2 saturated heterocycles. The Morgan fingerprint density at radius 2 is 1.52 bits per heavy atom. The van der Waals surface area contributed by atoms with Crippen molar-refractivity contribution in [2.45, 2.75) is 50.6 Å². The number of hydrogen-bond donors (Lipinski definition) is 1. The Kier molecular flexibility index (Phi) is 6.45. The number of carbonyl (C=O) groups is 3. The van der Waals surface area contributed by atoms with E-state index in [1.54, 1.807) is 0 Å². The van der Waals surface area contributed by atoms with Crippen LogP contribution in [0.4, 0.5) is 31.1 Å². The number of rotatable bonds is 3. The smallest absolute Gasteiger partial charge is 0.426 e. The van der Waals surface area contributed by atoms with Gasteiger partial charge in [0.2, 0.25) is 11.8 Å². The molecule has 13 heteroatoms. The number of alkyl halides is 6. The maximum Gasteiger partial charge on any atom is 0.434 e. The number of carbonyl (C=O) groups excluding carboxylic acids is 3. The molecule has 1 unspecified atom stereocenters. The second-order valence-corrected chi connectivity index (χ2v) is 8.19. The van der Waals surface area contributed by atoms with Crippen molar-refractivity contribution in [3.05, 3.63) is 0 Å². The average molecular weight is 460 g/mol. The van der Waals surface area contributed by atoms with Crippen LogP contribution in [0.1, 0.15) is 32.1 Å². The lowest BCUT2D eigenvalue weighted by atomic mass is 9.90. The van der Waals surface area contributed by atoms with Crippen LogP contribution < -0.4 is 5.32 Å². The summed E-state index contributed by atoms with van der Waals surface area (Å²) in [5.74, 6) is -1.60. The first-order valence-corrected chi connectivity index (χ1v) is 9.85. The summed E-state index contributed by atoms with van der Waals surface area (Å²) in [5, 5.41) is 2.39. The molecule has 7 nitrogen and oxygen atoms in total. The van der Waals surface area contributed by atoms with Gasteiger partial charge >= 0.3 is 18.4 Å². The molecule has 0 aromatic carbocycles. The molecule has 2 heterocycles. The van der Waals surface area contributed by atoms with Crippen molar-refractivity contribution in [1.29, 1.82) is 0 Å². The molecule has 1 aliphatic carbocycles.